The van der Waals surface area contributed by atoms with Gasteiger partial charge < -0.3 is 9.47 Å². The summed E-state index contributed by atoms with van der Waals surface area (Å²) in [7, 11) is -2.66. The van der Waals surface area contributed by atoms with Gasteiger partial charge in [-0.1, -0.05) is 176 Å². The van der Waals surface area contributed by atoms with Crippen LogP contribution in [0.5, 0.6) is 0 Å². The van der Waals surface area contributed by atoms with Gasteiger partial charge in [0.25, 0.3) is 0 Å². The quantitative estimate of drug-likeness (QED) is 0.0855. The van der Waals surface area contributed by atoms with E-state index in [1.54, 1.807) is 0 Å². The smallest absolute Gasteiger partial charge is 0.179 e. The minimum Gasteiger partial charge on any atom is -0.310 e. The van der Waals surface area contributed by atoms with Gasteiger partial charge in [0.05, 0.1) is 11.0 Å². The maximum atomic E-state index is 2.46. The number of anilines is 3. The molecule has 1 heterocycles. The summed E-state index contributed by atoms with van der Waals surface area (Å²) < 4.78 is 2.43. The van der Waals surface area contributed by atoms with E-state index in [0.717, 1.165) is 22.7 Å². The Hall–Kier alpha value is -7.20. The van der Waals surface area contributed by atoms with Crippen LogP contribution in [-0.2, 0) is 0 Å². The van der Waals surface area contributed by atoms with Crippen molar-refractivity contribution in [3.63, 3.8) is 0 Å². The lowest BCUT2D eigenvalue weighted by atomic mass is 10.0. The second kappa shape index (κ2) is 13.5. The second-order valence-corrected chi connectivity index (χ2v) is 18.7. The number of hydrogen-bond donors (Lipinski definition) is 0. The normalized spacial score (nSPS) is 11.9. The Morgan fingerprint density at radius 3 is 1.46 bits per heavy atom. The van der Waals surface area contributed by atoms with Crippen molar-refractivity contribution in [2.24, 2.45) is 0 Å². The highest BCUT2D eigenvalue weighted by atomic mass is 28.3. The summed E-state index contributed by atoms with van der Waals surface area (Å²) in [5, 5.41) is 13.1. The van der Waals surface area contributed by atoms with Gasteiger partial charge in [-0.2, -0.15) is 0 Å². The fraction of sp³-hybridized carbons (Fsp3) is 0. The lowest BCUT2D eigenvalue weighted by Gasteiger charge is -2.34. The Balaban J connectivity index is 1.12. The number of hydrogen-bond acceptors (Lipinski definition) is 1. The van der Waals surface area contributed by atoms with E-state index in [-0.39, 0.29) is 0 Å². The molecule has 0 atom stereocenters. The van der Waals surface area contributed by atoms with E-state index in [1.165, 1.54) is 64.1 Å². The number of para-hydroxylation sites is 2. The molecule has 0 aliphatic carbocycles. The van der Waals surface area contributed by atoms with E-state index in [4.69, 9.17) is 0 Å². The molecule has 0 radical (unpaired) electrons. The van der Waals surface area contributed by atoms with E-state index >= 15 is 0 Å². The van der Waals surface area contributed by atoms with Crippen LogP contribution in [0.15, 0.2) is 231 Å². The molecule has 0 amide bonds. The molecule has 10 aromatic carbocycles. The van der Waals surface area contributed by atoms with Gasteiger partial charge in [0.1, 0.15) is 0 Å². The number of fused-ring (bicyclic) bond motifs is 1. The molecule has 0 aliphatic heterocycles. The monoisotopic (exact) mass is 742 g/mol. The van der Waals surface area contributed by atoms with Crippen molar-refractivity contribution >= 4 is 89.2 Å². The first-order chi connectivity index (χ1) is 28.3. The van der Waals surface area contributed by atoms with Gasteiger partial charge >= 0.3 is 0 Å². The van der Waals surface area contributed by atoms with Crippen LogP contribution in [0.1, 0.15) is 0 Å². The predicted molar refractivity (Wildman–Crippen MR) is 245 cm³/mol. The van der Waals surface area contributed by atoms with E-state index in [0.29, 0.717) is 0 Å². The third-order valence-electron chi connectivity index (χ3n) is 11.8. The summed E-state index contributed by atoms with van der Waals surface area (Å²) in [5.74, 6) is 0. The predicted octanol–water partition coefficient (Wildman–Crippen LogP) is 11.4. The molecule has 57 heavy (non-hydrogen) atoms. The van der Waals surface area contributed by atoms with Crippen LogP contribution in [0.3, 0.4) is 0 Å². The summed E-state index contributed by atoms with van der Waals surface area (Å²) in [5.41, 5.74) is 6.95. The number of aromatic nitrogens is 1. The molecule has 3 heteroatoms. The highest BCUT2D eigenvalue weighted by molar-refractivity contribution is 7.20. The molecule has 0 bridgehead atoms. The van der Waals surface area contributed by atoms with Gasteiger partial charge in [-0.25, -0.2) is 0 Å². The minimum atomic E-state index is -2.66. The van der Waals surface area contributed by atoms with Crippen molar-refractivity contribution in [2.75, 3.05) is 4.90 Å². The highest BCUT2D eigenvalue weighted by Crippen LogP contribution is 2.44. The van der Waals surface area contributed by atoms with Crippen LogP contribution in [0.4, 0.5) is 17.1 Å². The summed E-state index contributed by atoms with van der Waals surface area (Å²) in [6.45, 7) is 0. The molecule has 0 aliphatic rings. The van der Waals surface area contributed by atoms with Crippen LogP contribution in [0.2, 0.25) is 0 Å². The molecule has 0 unspecified atom stereocenters. The first-order valence-electron chi connectivity index (χ1n) is 19.7. The number of benzene rings is 10. The Labute approximate surface area is 333 Å². The summed E-state index contributed by atoms with van der Waals surface area (Å²) >= 11 is 0. The Morgan fingerprint density at radius 1 is 0.298 bits per heavy atom. The SMILES string of the molecule is c1ccc(N(c2ccc3cc([Si](c4ccccc4)(c4ccccc4)c4ccccc4)ccc3c2)c2cc3ccc4cccc5c4c3c(c2)n5-c2ccccc2)cc1. The minimum absolute atomic E-state index is 1.12. The van der Waals surface area contributed by atoms with E-state index in [9.17, 15) is 0 Å². The van der Waals surface area contributed by atoms with Gasteiger partial charge in [-0.05, 0) is 96.9 Å². The first kappa shape index (κ1) is 33.2. The number of nitrogens with zero attached hydrogens (tertiary/aromatic N) is 2. The van der Waals surface area contributed by atoms with Crippen molar-refractivity contribution in [1.82, 2.24) is 4.57 Å². The van der Waals surface area contributed by atoms with Crippen molar-refractivity contribution in [3.05, 3.63) is 231 Å². The van der Waals surface area contributed by atoms with Gasteiger partial charge in [0.15, 0.2) is 8.07 Å². The molecule has 0 saturated heterocycles. The lowest BCUT2D eigenvalue weighted by Crippen LogP contribution is -2.74. The summed E-state index contributed by atoms with van der Waals surface area (Å²) in [6.07, 6.45) is 0. The zero-order chi connectivity index (χ0) is 37.8. The fourth-order valence-electron chi connectivity index (χ4n) is 9.36. The fourth-order valence-corrected chi connectivity index (χ4v) is 14.1. The zero-order valence-electron chi connectivity index (χ0n) is 31.3. The number of rotatable bonds is 8. The molecule has 2 nitrogen and oxygen atoms in total. The largest absolute Gasteiger partial charge is 0.310 e. The van der Waals surface area contributed by atoms with Crippen molar-refractivity contribution in [1.29, 1.82) is 0 Å². The highest BCUT2D eigenvalue weighted by Gasteiger charge is 2.41. The third kappa shape index (κ3) is 5.31. The van der Waals surface area contributed by atoms with E-state index < -0.39 is 8.07 Å². The van der Waals surface area contributed by atoms with Crippen molar-refractivity contribution in [3.8, 4) is 5.69 Å². The molecular formula is C54H38N2Si. The van der Waals surface area contributed by atoms with Gasteiger partial charge in [-0.15, -0.1) is 0 Å². The summed E-state index contributed by atoms with van der Waals surface area (Å²) in [6, 6.07) is 85.2. The van der Waals surface area contributed by atoms with Gasteiger partial charge in [0, 0.05) is 33.5 Å². The topological polar surface area (TPSA) is 8.17 Å². The van der Waals surface area contributed by atoms with Gasteiger partial charge in [-0.3, -0.25) is 0 Å². The molecule has 0 saturated carbocycles. The summed E-state index contributed by atoms with van der Waals surface area (Å²) in [4.78, 5) is 2.41. The first-order valence-corrected chi connectivity index (χ1v) is 21.7. The molecule has 268 valence electrons. The standard InChI is InChI=1S/C54H38N2Si/c1-6-18-43(19-7-1)55(46-36-42-30-29-39-17-16-28-51-53(39)54(42)52(38-46)56(51)44-20-8-2-9-21-44)45-33-31-41-37-50(34-32-40(41)35-45)57(47-22-10-3-11-23-47,48-24-12-4-13-25-48)49-26-14-5-15-27-49/h1-38H. The molecule has 11 aromatic rings. The second-order valence-electron chi connectivity index (χ2n) is 14.9. The van der Waals surface area contributed by atoms with Crippen molar-refractivity contribution < 1.29 is 0 Å². The molecule has 0 spiro atoms. The van der Waals surface area contributed by atoms with Crippen LogP contribution < -0.4 is 25.6 Å². The third-order valence-corrected chi connectivity index (χ3v) is 16.6. The Bertz CT molecular complexity index is 3060. The molecule has 0 N–H and O–H groups in total. The average Bonchev–Trinajstić information content (AvgIpc) is 3.63. The van der Waals surface area contributed by atoms with E-state index in [1.807, 2.05) is 0 Å². The van der Waals surface area contributed by atoms with Gasteiger partial charge in [0.2, 0.25) is 0 Å². The van der Waals surface area contributed by atoms with E-state index in [2.05, 4.69) is 240 Å². The molecule has 0 fully saturated rings. The zero-order valence-corrected chi connectivity index (χ0v) is 32.3. The Kier molecular flexibility index (Phi) is 7.87. The maximum absolute atomic E-state index is 2.66. The molecular weight excluding hydrogens is 705 g/mol. The maximum Gasteiger partial charge on any atom is 0.179 e. The van der Waals surface area contributed by atoms with Crippen molar-refractivity contribution in [2.45, 2.75) is 0 Å². The van der Waals surface area contributed by atoms with Crippen LogP contribution in [0.25, 0.3) is 49.0 Å². The van der Waals surface area contributed by atoms with Crippen LogP contribution >= 0.6 is 0 Å². The van der Waals surface area contributed by atoms with Crippen LogP contribution in [-0.4, -0.2) is 12.6 Å². The molecule has 1 aromatic heterocycles. The Morgan fingerprint density at radius 2 is 0.807 bits per heavy atom. The van der Waals surface area contributed by atoms with Crippen LogP contribution in [0, 0.1) is 0 Å². The average molecular weight is 743 g/mol. The lowest BCUT2D eigenvalue weighted by molar-refractivity contribution is 1.18. The molecule has 11 rings (SSSR count).